The molecule has 0 atom stereocenters. The van der Waals surface area contributed by atoms with E-state index in [9.17, 15) is 13.2 Å². The van der Waals surface area contributed by atoms with Gasteiger partial charge in [0.15, 0.2) is 0 Å². The van der Waals surface area contributed by atoms with E-state index in [2.05, 4.69) is 4.72 Å². The van der Waals surface area contributed by atoms with Gasteiger partial charge in [-0.15, -0.1) is 0 Å². The minimum atomic E-state index is -3.70. The standard InChI is InChI=1S/C13H17NO3S/c15-13(10-11-6-4-5-7-11)14-18(16,17)12-8-2-1-3-9-12/h1-3,8-9,11H,4-7,10H2,(H,14,15). The Kier molecular flexibility index (Phi) is 4.01. The van der Waals surface area contributed by atoms with Gasteiger partial charge in [-0.25, -0.2) is 13.1 Å². The first-order chi connectivity index (χ1) is 8.58. The maximum Gasteiger partial charge on any atom is 0.264 e. The maximum absolute atomic E-state index is 11.9. The zero-order chi connectivity index (χ0) is 13.0. The highest BCUT2D eigenvalue weighted by atomic mass is 32.2. The number of carbonyl (C=O) groups is 1. The van der Waals surface area contributed by atoms with E-state index < -0.39 is 15.9 Å². The average Bonchev–Trinajstić information content (AvgIpc) is 2.82. The normalized spacial score (nSPS) is 16.7. The van der Waals surface area contributed by atoms with Crippen molar-refractivity contribution in [1.82, 2.24) is 4.72 Å². The van der Waals surface area contributed by atoms with Crippen LogP contribution >= 0.6 is 0 Å². The van der Waals surface area contributed by atoms with Crippen molar-refractivity contribution in [2.75, 3.05) is 0 Å². The second kappa shape index (κ2) is 5.52. The molecule has 0 heterocycles. The second-order valence-corrected chi connectivity index (χ2v) is 6.38. The first-order valence-electron chi connectivity index (χ1n) is 6.18. The van der Waals surface area contributed by atoms with Gasteiger partial charge in [-0.3, -0.25) is 4.79 Å². The van der Waals surface area contributed by atoms with Crippen LogP contribution in [0.5, 0.6) is 0 Å². The first kappa shape index (κ1) is 13.1. The molecule has 0 spiro atoms. The van der Waals surface area contributed by atoms with Gasteiger partial charge in [0.05, 0.1) is 4.90 Å². The van der Waals surface area contributed by atoms with E-state index in [0.29, 0.717) is 12.3 Å². The third-order valence-electron chi connectivity index (χ3n) is 3.25. The average molecular weight is 267 g/mol. The molecule has 1 aliphatic carbocycles. The van der Waals surface area contributed by atoms with E-state index in [0.717, 1.165) is 25.7 Å². The molecule has 1 N–H and O–H groups in total. The molecule has 5 heteroatoms. The van der Waals surface area contributed by atoms with Crippen LogP contribution in [0.2, 0.25) is 0 Å². The van der Waals surface area contributed by atoms with Crippen molar-refractivity contribution in [2.45, 2.75) is 37.0 Å². The zero-order valence-electron chi connectivity index (χ0n) is 10.1. The minimum Gasteiger partial charge on any atom is -0.274 e. The van der Waals surface area contributed by atoms with Crippen LogP contribution in [0.3, 0.4) is 0 Å². The summed E-state index contributed by atoms with van der Waals surface area (Å²) in [5.41, 5.74) is 0. The molecule has 1 saturated carbocycles. The van der Waals surface area contributed by atoms with Crippen molar-refractivity contribution in [1.29, 1.82) is 0 Å². The topological polar surface area (TPSA) is 63.2 Å². The summed E-state index contributed by atoms with van der Waals surface area (Å²) in [5, 5.41) is 0. The molecule has 18 heavy (non-hydrogen) atoms. The lowest BCUT2D eigenvalue weighted by Crippen LogP contribution is -2.31. The molecule has 4 nitrogen and oxygen atoms in total. The van der Waals surface area contributed by atoms with Crippen LogP contribution in [0, 0.1) is 5.92 Å². The zero-order valence-corrected chi connectivity index (χ0v) is 10.9. The van der Waals surface area contributed by atoms with E-state index in [-0.39, 0.29) is 4.90 Å². The molecule has 0 unspecified atom stereocenters. The van der Waals surface area contributed by atoms with Crippen LogP contribution in [-0.2, 0) is 14.8 Å². The fourth-order valence-electron chi connectivity index (χ4n) is 2.33. The summed E-state index contributed by atoms with van der Waals surface area (Å²) in [4.78, 5) is 11.8. The molecule has 1 aliphatic rings. The van der Waals surface area contributed by atoms with Crippen molar-refractivity contribution >= 4 is 15.9 Å². The largest absolute Gasteiger partial charge is 0.274 e. The van der Waals surface area contributed by atoms with E-state index in [1.54, 1.807) is 18.2 Å². The van der Waals surface area contributed by atoms with E-state index in [1.165, 1.54) is 12.1 Å². The number of rotatable bonds is 4. The first-order valence-corrected chi connectivity index (χ1v) is 7.67. The Morgan fingerprint density at radius 1 is 1.17 bits per heavy atom. The molecule has 0 bridgehead atoms. The lowest BCUT2D eigenvalue weighted by atomic mass is 10.0. The molecule has 2 rings (SSSR count). The Labute approximate surface area is 107 Å². The summed E-state index contributed by atoms with van der Waals surface area (Å²) < 4.78 is 25.9. The quantitative estimate of drug-likeness (QED) is 0.908. The van der Waals surface area contributed by atoms with Crippen molar-refractivity contribution in [3.05, 3.63) is 30.3 Å². The van der Waals surface area contributed by atoms with E-state index in [4.69, 9.17) is 0 Å². The van der Waals surface area contributed by atoms with Crippen LogP contribution < -0.4 is 4.72 Å². The number of nitrogens with one attached hydrogen (secondary N) is 1. The maximum atomic E-state index is 11.9. The number of hydrogen-bond donors (Lipinski definition) is 1. The second-order valence-electron chi connectivity index (χ2n) is 4.70. The summed E-state index contributed by atoms with van der Waals surface area (Å²) in [6, 6.07) is 7.96. The Hall–Kier alpha value is -1.36. The third-order valence-corrected chi connectivity index (χ3v) is 4.64. The van der Waals surface area contributed by atoms with Crippen LogP contribution in [0.25, 0.3) is 0 Å². The SMILES string of the molecule is O=C(CC1CCCC1)NS(=O)(=O)c1ccccc1. The fraction of sp³-hybridized carbons (Fsp3) is 0.462. The van der Waals surface area contributed by atoms with Gasteiger partial charge in [0.25, 0.3) is 10.0 Å². The van der Waals surface area contributed by atoms with Crippen LogP contribution in [0.1, 0.15) is 32.1 Å². The Morgan fingerprint density at radius 2 is 1.78 bits per heavy atom. The Morgan fingerprint density at radius 3 is 2.39 bits per heavy atom. The highest BCUT2D eigenvalue weighted by molar-refractivity contribution is 7.90. The molecule has 1 fully saturated rings. The summed E-state index contributed by atoms with van der Waals surface area (Å²) in [5.74, 6) is -0.0540. The monoisotopic (exact) mass is 267 g/mol. The molecule has 0 radical (unpaired) electrons. The molecule has 1 amide bonds. The van der Waals surface area contributed by atoms with Crippen molar-refractivity contribution in [2.24, 2.45) is 5.92 Å². The van der Waals surface area contributed by atoms with E-state index in [1.807, 2.05) is 0 Å². The number of sulfonamides is 1. The number of benzene rings is 1. The van der Waals surface area contributed by atoms with Crippen LogP contribution in [-0.4, -0.2) is 14.3 Å². The van der Waals surface area contributed by atoms with Crippen LogP contribution in [0.15, 0.2) is 35.2 Å². The van der Waals surface area contributed by atoms with Crippen molar-refractivity contribution in [3.8, 4) is 0 Å². The van der Waals surface area contributed by atoms with Gasteiger partial charge in [-0.1, -0.05) is 31.0 Å². The van der Waals surface area contributed by atoms with E-state index >= 15 is 0 Å². The molecular formula is C13H17NO3S. The highest BCUT2D eigenvalue weighted by Gasteiger charge is 2.22. The lowest BCUT2D eigenvalue weighted by molar-refractivity contribution is -0.120. The molecule has 1 aromatic carbocycles. The van der Waals surface area contributed by atoms with Gasteiger partial charge in [0.1, 0.15) is 0 Å². The van der Waals surface area contributed by atoms with Gasteiger partial charge < -0.3 is 0 Å². The molecule has 0 aliphatic heterocycles. The van der Waals surface area contributed by atoms with Crippen molar-refractivity contribution in [3.63, 3.8) is 0 Å². The van der Waals surface area contributed by atoms with Gasteiger partial charge in [-0.2, -0.15) is 0 Å². The predicted octanol–water partition coefficient (Wildman–Crippen LogP) is 2.07. The Balaban J connectivity index is 1.98. The highest BCUT2D eigenvalue weighted by Crippen LogP contribution is 2.27. The molecule has 0 aromatic heterocycles. The molecule has 1 aromatic rings. The summed E-state index contributed by atoms with van der Waals surface area (Å²) in [6.07, 6.45) is 4.65. The number of amides is 1. The molecule has 0 saturated heterocycles. The van der Waals surface area contributed by atoms with Gasteiger partial charge in [0.2, 0.25) is 5.91 Å². The Bertz CT molecular complexity index is 504. The number of hydrogen-bond acceptors (Lipinski definition) is 3. The van der Waals surface area contributed by atoms with Gasteiger partial charge in [-0.05, 0) is 30.9 Å². The smallest absolute Gasteiger partial charge is 0.264 e. The van der Waals surface area contributed by atoms with Crippen molar-refractivity contribution < 1.29 is 13.2 Å². The summed E-state index contributed by atoms with van der Waals surface area (Å²) >= 11 is 0. The predicted molar refractivity (Wildman–Crippen MR) is 68.3 cm³/mol. The fourth-order valence-corrected chi connectivity index (χ4v) is 3.34. The van der Waals surface area contributed by atoms with Gasteiger partial charge >= 0.3 is 0 Å². The molecular weight excluding hydrogens is 250 g/mol. The lowest BCUT2D eigenvalue weighted by Gasteiger charge is -2.10. The van der Waals surface area contributed by atoms with Crippen LogP contribution in [0.4, 0.5) is 0 Å². The minimum absolute atomic E-state index is 0.129. The summed E-state index contributed by atoms with van der Waals surface area (Å²) in [6.45, 7) is 0. The third kappa shape index (κ3) is 3.32. The molecule has 98 valence electrons. The number of carbonyl (C=O) groups excluding carboxylic acids is 1. The summed E-state index contributed by atoms with van der Waals surface area (Å²) in [7, 11) is -3.70. The van der Waals surface area contributed by atoms with Gasteiger partial charge in [0, 0.05) is 6.42 Å².